The van der Waals surface area contributed by atoms with Crippen molar-refractivity contribution < 1.29 is 18.1 Å². The largest absolute Gasteiger partial charge is 0.490 e. The van der Waals surface area contributed by atoms with Crippen LogP contribution in [0.1, 0.15) is 13.3 Å². The summed E-state index contributed by atoms with van der Waals surface area (Å²) in [5, 5.41) is 11.0. The third-order valence-corrected chi connectivity index (χ3v) is 5.84. The maximum Gasteiger partial charge on any atom is 0.312 e. The molecule has 1 aliphatic heterocycles. The van der Waals surface area contributed by atoms with Crippen LogP contribution in [0.4, 0.5) is 5.69 Å². The highest BCUT2D eigenvalue weighted by atomic mass is 32.2. The first-order valence-electron chi connectivity index (χ1n) is 6.76. The van der Waals surface area contributed by atoms with Gasteiger partial charge in [0.1, 0.15) is 0 Å². The molecular weight excluding hydrogens is 310 g/mol. The second kappa shape index (κ2) is 5.82. The van der Waals surface area contributed by atoms with Crippen molar-refractivity contribution in [3.8, 4) is 5.75 Å². The van der Waals surface area contributed by atoms with E-state index < -0.39 is 14.9 Å². The van der Waals surface area contributed by atoms with Crippen molar-refractivity contribution in [1.29, 1.82) is 0 Å². The van der Waals surface area contributed by atoms with Gasteiger partial charge in [-0.1, -0.05) is 6.92 Å². The Hall–Kier alpha value is -1.71. The number of ether oxygens (including phenoxy) is 1. The van der Waals surface area contributed by atoms with Crippen molar-refractivity contribution in [3.05, 3.63) is 28.3 Å². The number of methoxy groups -OCH3 is 1. The summed E-state index contributed by atoms with van der Waals surface area (Å²) in [5.74, 6) is 0.0252. The number of nitrogens with zero attached hydrogens (tertiary/aromatic N) is 2. The molecule has 2 N–H and O–H groups in total. The normalized spacial score (nSPS) is 22.7. The number of benzene rings is 1. The number of nitrogens with two attached hydrogens (primary N) is 1. The Morgan fingerprint density at radius 1 is 1.50 bits per heavy atom. The Balaban J connectivity index is 2.39. The minimum Gasteiger partial charge on any atom is -0.490 e. The molecule has 0 aromatic heterocycles. The van der Waals surface area contributed by atoms with Crippen LogP contribution in [0.3, 0.4) is 0 Å². The van der Waals surface area contributed by atoms with E-state index in [-0.39, 0.29) is 21.7 Å². The molecule has 1 aliphatic rings. The van der Waals surface area contributed by atoms with Crippen molar-refractivity contribution >= 4 is 15.7 Å². The van der Waals surface area contributed by atoms with E-state index in [2.05, 4.69) is 0 Å². The van der Waals surface area contributed by atoms with Gasteiger partial charge in [0, 0.05) is 19.2 Å². The summed E-state index contributed by atoms with van der Waals surface area (Å²) in [6, 6.07) is 3.65. The first-order valence-corrected chi connectivity index (χ1v) is 8.20. The van der Waals surface area contributed by atoms with Crippen molar-refractivity contribution in [3.63, 3.8) is 0 Å². The second-order valence-electron chi connectivity index (χ2n) is 5.69. The molecule has 1 heterocycles. The average Bonchev–Trinajstić information content (AvgIpc) is 2.90. The fourth-order valence-corrected chi connectivity index (χ4v) is 4.08. The summed E-state index contributed by atoms with van der Waals surface area (Å²) < 4.78 is 31.5. The second-order valence-corrected chi connectivity index (χ2v) is 7.63. The van der Waals surface area contributed by atoms with Gasteiger partial charge in [0.05, 0.1) is 16.9 Å². The van der Waals surface area contributed by atoms with E-state index in [4.69, 9.17) is 10.5 Å². The molecule has 122 valence electrons. The smallest absolute Gasteiger partial charge is 0.312 e. The van der Waals surface area contributed by atoms with Gasteiger partial charge in [-0.15, -0.1) is 0 Å². The maximum absolute atomic E-state index is 12.6. The molecule has 1 fully saturated rings. The van der Waals surface area contributed by atoms with Crippen LogP contribution >= 0.6 is 0 Å². The lowest BCUT2D eigenvalue weighted by atomic mass is 9.90. The molecule has 0 aliphatic carbocycles. The molecule has 9 heteroatoms. The third-order valence-electron chi connectivity index (χ3n) is 4.00. The Kier molecular flexibility index (Phi) is 4.41. The van der Waals surface area contributed by atoms with Crippen LogP contribution in [0.25, 0.3) is 0 Å². The topological polar surface area (TPSA) is 116 Å². The van der Waals surface area contributed by atoms with E-state index in [9.17, 15) is 18.5 Å². The number of hydrogen-bond acceptors (Lipinski definition) is 6. The first-order chi connectivity index (χ1) is 10.2. The summed E-state index contributed by atoms with van der Waals surface area (Å²) in [4.78, 5) is 10.3. The molecule has 22 heavy (non-hydrogen) atoms. The highest BCUT2D eigenvalue weighted by Crippen LogP contribution is 2.35. The molecule has 2 rings (SSSR count). The van der Waals surface area contributed by atoms with Gasteiger partial charge in [-0.3, -0.25) is 10.1 Å². The Bertz CT molecular complexity index is 691. The molecule has 1 atom stereocenters. The molecular formula is C13H19N3O5S. The number of rotatable bonds is 5. The lowest BCUT2D eigenvalue weighted by molar-refractivity contribution is -0.386. The Morgan fingerprint density at radius 3 is 2.68 bits per heavy atom. The average molecular weight is 329 g/mol. The first kappa shape index (κ1) is 16.7. The molecule has 0 amide bonds. The fraction of sp³-hybridized carbons (Fsp3) is 0.538. The van der Waals surface area contributed by atoms with Crippen LogP contribution < -0.4 is 10.5 Å². The van der Waals surface area contributed by atoms with Crippen molar-refractivity contribution in [2.75, 3.05) is 26.7 Å². The SMILES string of the molecule is COc1ccc(S(=O)(=O)N2CCC(C)(CN)C2)cc1[N+](=O)[O-]. The van der Waals surface area contributed by atoms with Crippen molar-refractivity contribution in [2.45, 2.75) is 18.2 Å². The zero-order valence-electron chi connectivity index (χ0n) is 12.5. The van der Waals surface area contributed by atoms with Gasteiger partial charge in [0.2, 0.25) is 10.0 Å². The van der Waals surface area contributed by atoms with Gasteiger partial charge >= 0.3 is 5.69 Å². The van der Waals surface area contributed by atoms with Gasteiger partial charge in [-0.25, -0.2) is 8.42 Å². The monoisotopic (exact) mass is 329 g/mol. The van der Waals surface area contributed by atoms with Crippen molar-refractivity contribution in [2.24, 2.45) is 11.1 Å². The molecule has 1 unspecified atom stereocenters. The molecule has 1 saturated heterocycles. The maximum atomic E-state index is 12.6. The Labute approximate surface area is 129 Å². The number of nitro benzene ring substituents is 1. The molecule has 1 aromatic rings. The Morgan fingerprint density at radius 2 is 2.18 bits per heavy atom. The number of hydrogen-bond donors (Lipinski definition) is 1. The summed E-state index contributed by atoms with van der Waals surface area (Å²) >= 11 is 0. The lowest BCUT2D eigenvalue weighted by Crippen LogP contribution is -2.34. The predicted octanol–water partition coefficient (Wildman–Crippen LogP) is 0.963. The summed E-state index contributed by atoms with van der Waals surface area (Å²) in [5.41, 5.74) is 5.06. The third kappa shape index (κ3) is 2.92. The highest BCUT2D eigenvalue weighted by molar-refractivity contribution is 7.89. The van der Waals surface area contributed by atoms with Crippen LogP contribution in [-0.4, -0.2) is 44.4 Å². The molecule has 0 spiro atoms. The van der Waals surface area contributed by atoms with E-state index >= 15 is 0 Å². The standard InChI is InChI=1S/C13H19N3O5S/c1-13(8-14)5-6-15(9-13)22(19,20)10-3-4-12(21-2)11(7-10)16(17)18/h3-4,7H,5-6,8-9,14H2,1-2H3. The lowest BCUT2D eigenvalue weighted by Gasteiger charge is -2.22. The molecule has 0 bridgehead atoms. The minimum atomic E-state index is -3.78. The summed E-state index contributed by atoms with van der Waals surface area (Å²) in [6.07, 6.45) is 0.668. The van der Waals surface area contributed by atoms with E-state index in [0.29, 0.717) is 26.1 Å². The predicted molar refractivity (Wildman–Crippen MR) is 80.2 cm³/mol. The van der Waals surface area contributed by atoms with Crippen LogP contribution in [0.5, 0.6) is 5.75 Å². The molecule has 0 radical (unpaired) electrons. The fourth-order valence-electron chi connectivity index (χ4n) is 2.47. The van der Waals surface area contributed by atoms with Crippen molar-refractivity contribution in [1.82, 2.24) is 4.31 Å². The summed E-state index contributed by atoms with van der Waals surface area (Å²) in [7, 11) is -2.49. The van der Waals surface area contributed by atoms with Gasteiger partial charge in [-0.2, -0.15) is 4.31 Å². The molecule has 0 saturated carbocycles. The zero-order chi connectivity index (χ0) is 16.5. The van der Waals surface area contributed by atoms with Gasteiger partial charge in [0.25, 0.3) is 0 Å². The summed E-state index contributed by atoms with van der Waals surface area (Å²) in [6.45, 7) is 2.99. The van der Waals surface area contributed by atoms with Crippen LogP contribution in [-0.2, 0) is 10.0 Å². The quantitative estimate of drug-likeness (QED) is 0.635. The number of sulfonamides is 1. The van der Waals surface area contributed by atoms with Crippen LogP contribution in [0.2, 0.25) is 0 Å². The van der Waals surface area contributed by atoms with E-state index in [0.717, 1.165) is 6.07 Å². The van der Waals surface area contributed by atoms with Gasteiger partial charge in [-0.05, 0) is 30.5 Å². The molecule has 1 aromatic carbocycles. The molecule has 8 nitrogen and oxygen atoms in total. The van der Waals surface area contributed by atoms with E-state index in [1.807, 2.05) is 6.92 Å². The van der Waals surface area contributed by atoms with Crippen LogP contribution in [0.15, 0.2) is 23.1 Å². The van der Waals surface area contributed by atoms with Gasteiger partial charge < -0.3 is 10.5 Å². The van der Waals surface area contributed by atoms with Crippen LogP contribution in [0, 0.1) is 15.5 Å². The highest BCUT2D eigenvalue weighted by Gasteiger charge is 2.39. The van der Waals surface area contributed by atoms with Gasteiger partial charge in [0.15, 0.2) is 5.75 Å². The number of nitro groups is 1. The van der Waals surface area contributed by atoms with E-state index in [1.165, 1.54) is 23.5 Å². The van der Waals surface area contributed by atoms with E-state index in [1.54, 1.807) is 0 Å². The zero-order valence-corrected chi connectivity index (χ0v) is 13.3. The minimum absolute atomic E-state index is 0.0252.